The SMILES string of the molecule is CC(C)CCCC(C)C1CCC2C3CCC4c5nc6cc(Cl)c(Cl)cc6nc5CCC4(C)C3CCC12C. The first-order valence-electron chi connectivity index (χ1n) is 15.3. The van der Waals surface area contributed by atoms with E-state index in [4.69, 9.17) is 33.2 Å². The number of aromatic nitrogens is 2. The molecule has 4 aliphatic carbocycles. The van der Waals surface area contributed by atoms with E-state index < -0.39 is 0 Å². The highest BCUT2D eigenvalue weighted by Crippen LogP contribution is 2.69. The average molecular weight is 542 g/mol. The number of nitrogens with zero attached hydrogens (tertiary/aromatic N) is 2. The Balaban J connectivity index is 1.25. The van der Waals surface area contributed by atoms with Gasteiger partial charge in [0.25, 0.3) is 0 Å². The minimum Gasteiger partial charge on any atom is -0.249 e. The summed E-state index contributed by atoms with van der Waals surface area (Å²) in [5.41, 5.74) is 5.18. The number of aryl methyl sites for hydroxylation is 1. The molecule has 0 N–H and O–H groups in total. The molecule has 0 bridgehead atoms. The van der Waals surface area contributed by atoms with E-state index in [1.807, 2.05) is 12.1 Å². The van der Waals surface area contributed by atoms with E-state index in [9.17, 15) is 0 Å². The summed E-state index contributed by atoms with van der Waals surface area (Å²) in [7, 11) is 0. The van der Waals surface area contributed by atoms with Crippen LogP contribution in [0.5, 0.6) is 0 Å². The highest BCUT2D eigenvalue weighted by molar-refractivity contribution is 6.42. The summed E-state index contributed by atoms with van der Waals surface area (Å²) in [5.74, 6) is 5.82. The molecule has 0 radical (unpaired) electrons. The van der Waals surface area contributed by atoms with E-state index in [0.29, 0.717) is 26.8 Å². The van der Waals surface area contributed by atoms with E-state index >= 15 is 0 Å². The summed E-state index contributed by atoms with van der Waals surface area (Å²) in [4.78, 5) is 10.3. The quantitative estimate of drug-likeness (QED) is 0.376. The lowest BCUT2D eigenvalue weighted by molar-refractivity contribution is -0.0905. The molecular weight excluding hydrogens is 495 g/mol. The molecule has 1 aromatic heterocycles. The van der Waals surface area contributed by atoms with Crippen LogP contribution in [0, 0.1) is 46.3 Å². The highest BCUT2D eigenvalue weighted by atomic mass is 35.5. The Morgan fingerprint density at radius 1 is 0.838 bits per heavy atom. The topological polar surface area (TPSA) is 25.8 Å². The van der Waals surface area contributed by atoms with E-state index in [-0.39, 0.29) is 0 Å². The van der Waals surface area contributed by atoms with E-state index in [2.05, 4.69) is 34.6 Å². The molecule has 202 valence electrons. The molecule has 8 atom stereocenters. The zero-order valence-electron chi connectivity index (χ0n) is 23.6. The van der Waals surface area contributed by atoms with Gasteiger partial charge in [0.2, 0.25) is 0 Å². The van der Waals surface area contributed by atoms with Gasteiger partial charge in [-0.05, 0) is 110 Å². The second kappa shape index (κ2) is 9.65. The first kappa shape index (κ1) is 26.4. The molecule has 0 aliphatic heterocycles. The largest absolute Gasteiger partial charge is 0.249 e. The van der Waals surface area contributed by atoms with Crippen LogP contribution < -0.4 is 0 Å². The van der Waals surface area contributed by atoms with Crippen molar-refractivity contribution in [3.8, 4) is 0 Å². The molecule has 3 saturated carbocycles. The zero-order valence-corrected chi connectivity index (χ0v) is 25.1. The van der Waals surface area contributed by atoms with Gasteiger partial charge in [0.05, 0.1) is 32.5 Å². The minimum atomic E-state index is 0.344. The van der Waals surface area contributed by atoms with Gasteiger partial charge in [0, 0.05) is 5.92 Å². The second-order valence-electron chi connectivity index (χ2n) is 14.4. The lowest BCUT2D eigenvalue weighted by Gasteiger charge is -2.60. The molecule has 3 fully saturated rings. The third-order valence-electron chi connectivity index (χ3n) is 12.1. The van der Waals surface area contributed by atoms with E-state index in [0.717, 1.165) is 53.0 Å². The molecule has 8 unspecified atom stereocenters. The van der Waals surface area contributed by atoms with Crippen LogP contribution >= 0.6 is 23.2 Å². The van der Waals surface area contributed by atoms with Crippen molar-refractivity contribution in [2.75, 3.05) is 0 Å². The molecule has 6 rings (SSSR count). The van der Waals surface area contributed by atoms with Crippen LogP contribution in [0.25, 0.3) is 11.0 Å². The summed E-state index contributed by atoms with van der Waals surface area (Å²) < 4.78 is 0. The molecule has 2 nitrogen and oxygen atoms in total. The van der Waals surface area contributed by atoms with Crippen LogP contribution in [0.4, 0.5) is 0 Å². The maximum atomic E-state index is 6.37. The monoisotopic (exact) mass is 540 g/mol. The van der Waals surface area contributed by atoms with Gasteiger partial charge in [-0.1, -0.05) is 77.1 Å². The van der Waals surface area contributed by atoms with Gasteiger partial charge in [-0.25, -0.2) is 9.97 Å². The van der Waals surface area contributed by atoms with Crippen molar-refractivity contribution < 1.29 is 0 Å². The molecule has 0 saturated heterocycles. The lowest BCUT2D eigenvalue weighted by Crippen LogP contribution is -2.53. The van der Waals surface area contributed by atoms with Crippen LogP contribution in [-0.4, -0.2) is 9.97 Å². The van der Waals surface area contributed by atoms with Gasteiger partial charge in [0.15, 0.2) is 0 Å². The predicted molar refractivity (Wildman–Crippen MR) is 156 cm³/mol. The first-order valence-corrected chi connectivity index (χ1v) is 16.0. The summed E-state index contributed by atoms with van der Waals surface area (Å²) in [6.07, 6.45) is 15.0. The maximum absolute atomic E-state index is 6.37. The number of hydrogen-bond acceptors (Lipinski definition) is 2. The molecule has 4 aliphatic rings. The Labute approximate surface area is 234 Å². The number of hydrogen-bond donors (Lipinski definition) is 0. The number of rotatable bonds is 5. The van der Waals surface area contributed by atoms with E-state index in [1.165, 1.54) is 75.6 Å². The van der Waals surface area contributed by atoms with Crippen molar-refractivity contribution in [1.82, 2.24) is 9.97 Å². The standard InChI is InChI=1S/C33H46Cl2N2/c1-19(2)7-6-8-20(3)22-11-12-23-21-9-10-25-31-28(36-29-17-26(34)27(35)18-30(29)37-31)14-16-33(25,5)24(21)13-15-32(22,23)4/h17-25H,6-16H2,1-5H3. The van der Waals surface area contributed by atoms with Crippen LogP contribution in [0.1, 0.15) is 116 Å². The minimum absolute atomic E-state index is 0.344. The third-order valence-corrected chi connectivity index (χ3v) is 12.8. The van der Waals surface area contributed by atoms with Crippen LogP contribution in [0.15, 0.2) is 12.1 Å². The smallest absolute Gasteiger partial charge is 0.0906 e. The van der Waals surface area contributed by atoms with Crippen LogP contribution in [-0.2, 0) is 6.42 Å². The Morgan fingerprint density at radius 3 is 2.27 bits per heavy atom. The Hall–Kier alpha value is -0.860. The number of halogens is 2. The normalized spacial score (nSPS) is 37.7. The summed E-state index contributed by atoms with van der Waals surface area (Å²) >= 11 is 12.7. The van der Waals surface area contributed by atoms with Crippen molar-refractivity contribution in [2.24, 2.45) is 46.3 Å². The molecule has 37 heavy (non-hydrogen) atoms. The fourth-order valence-corrected chi connectivity index (χ4v) is 10.6. The van der Waals surface area contributed by atoms with Crippen LogP contribution in [0.2, 0.25) is 10.0 Å². The molecule has 0 amide bonds. The molecule has 4 heteroatoms. The van der Waals surface area contributed by atoms with Crippen molar-refractivity contribution in [3.63, 3.8) is 0 Å². The van der Waals surface area contributed by atoms with Gasteiger partial charge >= 0.3 is 0 Å². The maximum Gasteiger partial charge on any atom is 0.0906 e. The van der Waals surface area contributed by atoms with Gasteiger partial charge in [-0.3, -0.25) is 0 Å². The zero-order chi connectivity index (χ0) is 26.1. The van der Waals surface area contributed by atoms with Gasteiger partial charge in [-0.15, -0.1) is 0 Å². The number of fused-ring (bicyclic) bond motifs is 8. The predicted octanol–water partition coefficient (Wildman–Crippen LogP) is 10.3. The van der Waals surface area contributed by atoms with Crippen molar-refractivity contribution in [2.45, 2.75) is 111 Å². The number of benzene rings is 1. The summed E-state index contributed by atoms with van der Waals surface area (Å²) in [5, 5.41) is 1.14. The summed E-state index contributed by atoms with van der Waals surface area (Å²) in [6.45, 7) is 12.7. The third kappa shape index (κ3) is 4.26. The average Bonchev–Trinajstić information content (AvgIpc) is 3.20. The Kier molecular flexibility index (Phi) is 6.88. The lowest BCUT2D eigenvalue weighted by atomic mass is 9.44. The Morgan fingerprint density at radius 2 is 1.54 bits per heavy atom. The van der Waals surface area contributed by atoms with Gasteiger partial charge in [0.1, 0.15) is 0 Å². The van der Waals surface area contributed by atoms with Gasteiger partial charge in [-0.2, -0.15) is 0 Å². The highest BCUT2D eigenvalue weighted by Gasteiger charge is 2.61. The fraction of sp³-hybridized carbons (Fsp3) is 0.758. The summed E-state index contributed by atoms with van der Waals surface area (Å²) in [6, 6.07) is 3.80. The molecular formula is C33H46Cl2N2. The second-order valence-corrected chi connectivity index (χ2v) is 15.2. The molecule has 0 spiro atoms. The molecule has 1 heterocycles. The Bertz CT molecular complexity index is 1180. The first-order chi connectivity index (χ1) is 17.6. The van der Waals surface area contributed by atoms with Gasteiger partial charge < -0.3 is 0 Å². The van der Waals surface area contributed by atoms with Crippen molar-refractivity contribution in [1.29, 1.82) is 0 Å². The molecule has 1 aromatic carbocycles. The van der Waals surface area contributed by atoms with Crippen molar-refractivity contribution in [3.05, 3.63) is 33.6 Å². The molecule has 2 aromatic rings. The van der Waals surface area contributed by atoms with Crippen LogP contribution in [0.3, 0.4) is 0 Å². The fourth-order valence-electron chi connectivity index (χ4n) is 10.2. The van der Waals surface area contributed by atoms with Crippen molar-refractivity contribution >= 4 is 34.2 Å². The van der Waals surface area contributed by atoms with E-state index in [1.54, 1.807) is 0 Å².